The number of likely N-dealkylation sites (tertiary alicyclic amines) is 1. The lowest BCUT2D eigenvalue weighted by atomic mass is 10.2. The standard InChI is InChI=1S/C13H29N3/c1-12(2)14-8-5-6-9-16-10-7-13(11-16)15(3)4/h12-14H,5-11H2,1-4H3. The van der Waals surface area contributed by atoms with Crippen molar-refractivity contribution in [2.75, 3.05) is 40.3 Å². The number of unbranched alkanes of at least 4 members (excludes halogenated alkanes) is 1. The smallest absolute Gasteiger partial charge is 0.0229 e. The first kappa shape index (κ1) is 13.9. The molecule has 3 heteroatoms. The number of hydrogen-bond donors (Lipinski definition) is 1. The van der Waals surface area contributed by atoms with Crippen LogP contribution in [0.1, 0.15) is 33.1 Å². The molecule has 0 bridgehead atoms. The lowest BCUT2D eigenvalue weighted by Crippen LogP contribution is -2.32. The van der Waals surface area contributed by atoms with E-state index in [-0.39, 0.29) is 0 Å². The summed E-state index contributed by atoms with van der Waals surface area (Å²) in [6.45, 7) is 9.43. The van der Waals surface area contributed by atoms with Gasteiger partial charge in [0.2, 0.25) is 0 Å². The summed E-state index contributed by atoms with van der Waals surface area (Å²) in [7, 11) is 4.39. The van der Waals surface area contributed by atoms with Crippen LogP contribution in [-0.4, -0.2) is 62.2 Å². The molecule has 0 aromatic carbocycles. The molecule has 96 valence electrons. The van der Waals surface area contributed by atoms with E-state index >= 15 is 0 Å². The number of hydrogen-bond acceptors (Lipinski definition) is 3. The monoisotopic (exact) mass is 227 g/mol. The van der Waals surface area contributed by atoms with Crippen molar-refractivity contribution in [1.82, 2.24) is 15.1 Å². The van der Waals surface area contributed by atoms with Crippen LogP contribution in [0, 0.1) is 0 Å². The second kappa shape index (κ2) is 7.25. The van der Waals surface area contributed by atoms with Gasteiger partial charge >= 0.3 is 0 Å². The van der Waals surface area contributed by atoms with Gasteiger partial charge in [0.15, 0.2) is 0 Å². The fraction of sp³-hybridized carbons (Fsp3) is 1.00. The van der Waals surface area contributed by atoms with Gasteiger partial charge in [0.25, 0.3) is 0 Å². The second-order valence-corrected chi connectivity index (χ2v) is 5.52. The minimum Gasteiger partial charge on any atom is -0.315 e. The van der Waals surface area contributed by atoms with E-state index in [9.17, 15) is 0 Å². The highest BCUT2D eigenvalue weighted by Gasteiger charge is 2.22. The largest absolute Gasteiger partial charge is 0.315 e. The van der Waals surface area contributed by atoms with Crippen molar-refractivity contribution in [2.24, 2.45) is 0 Å². The zero-order valence-corrected chi connectivity index (χ0v) is 11.5. The molecule has 3 nitrogen and oxygen atoms in total. The lowest BCUT2D eigenvalue weighted by Gasteiger charge is -2.20. The predicted octanol–water partition coefficient (Wildman–Crippen LogP) is 1.40. The van der Waals surface area contributed by atoms with Gasteiger partial charge < -0.3 is 15.1 Å². The van der Waals surface area contributed by atoms with E-state index in [0.717, 1.165) is 6.04 Å². The molecule has 0 amide bonds. The van der Waals surface area contributed by atoms with Crippen LogP contribution in [0.25, 0.3) is 0 Å². The van der Waals surface area contributed by atoms with E-state index in [1.165, 1.54) is 45.4 Å². The van der Waals surface area contributed by atoms with Crippen LogP contribution in [0.3, 0.4) is 0 Å². The maximum atomic E-state index is 3.47. The molecule has 0 radical (unpaired) electrons. The number of nitrogens with one attached hydrogen (secondary N) is 1. The topological polar surface area (TPSA) is 18.5 Å². The van der Waals surface area contributed by atoms with Crippen molar-refractivity contribution < 1.29 is 0 Å². The van der Waals surface area contributed by atoms with Crippen molar-refractivity contribution >= 4 is 0 Å². The Kier molecular flexibility index (Phi) is 6.32. The lowest BCUT2D eigenvalue weighted by molar-refractivity contribution is 0.265. The summed E-state index contributed by atoms with van der Waals surface area (Å²) in [6, 6.07) is 1.42. The van der Waals surface area contributed by atoms with Gasteiger partial charge in [-0.25, -0.2) is 0 Å². The highest BCUT2D eigenvalue weighted by molar-refractivity contribution is 4.80. The third kappa shape index (κ3) is 5.28. The van der Waals surface area contributed by atoms with Crippen LogP contribution in [0.15, 0.2) is 0 Å². The van der Waals surface area contributed by atoms with Crippen molar-refractivity contribution in [3.8, 4) is 0 Å². The zero-order chi connectivity index (χ0) is 12.0. The van der Waals surface area contributed by atoms with Crippen molar-refractivity contribution in [2.45, 2.75) is 45.2 Å². The molecule has 0 saturated carbocycles. The summed E-state index contributed by atoms with van der Waals surface area (Å²) in [5.41, 5.74) is 0. The molecule has 1 saturated heterocycles. The molecular weight excluding hydrogens is 198 g/mol. The third-order valence-corrected chi connectivity index (χ3v) is 3.43. The molecule has 1 aliphatic rings. The van der Waals surface area contributed by atoms with Gasteiger partial charge in [-0.05, 0) is 53.0 Å². The van der Waals surface area contributed by atoms with Crippen LogP contribution < -0.4 is 5.32 Å². The van der Waals surface area contributed by atoms with Crippen LogP contribution in [0.2, 0.25) is 0 Å². The Balaban J connectivity index is 1.98. The molecule has 1 atom stereocenters. The van der Waals surface area contributed by atoms with Crippen LogP contribution >= 0.6 is 0 Å². The zero-order valence-electron chi connectivity index (χ0n) is 11.5. The maximum Gasteiger partial charge on any atom is 0.0229 e. The van der Waals surface area contributed by atoms with E-state index in [1.807, 2.05) is 0 Å². The van der Waals surface area contributed by atoms with Crippen LogP contribution in [-0.2, 0) is 0 Å². The summed E-state index contributed by atoms with van der Waals surface area (Å²) in [6.07, 6.45) is 3.98. The van der Waals surface area contributed by atoms with E-state index in [2.05, 4.69) is 43.1 Å². The minimum absolute atomic E-state index is 0.630. The Bertz CT molecular complexity index is 180. The molecule has 0 spiro atoms. The van der Waals surface area contributed by atoms with Crippen LogP contribution in [0.5, 0.6) is 0 Å². The quantitative estimate of drug-likeness (QED) is 0.663. The predicted molar refractivity (Wildman–Crippen MR) is 70.9 cm³/mol. The van der Waals surface area contributed by atoms with E-state index < -0.39 is 0 Å². The van der Waals surface area contributed by atoms with Crippen molar-refractivity contribution in [3.63, 3.8) is 0 Å². The van der Waals surface area contributed by atoms with Gasteiger partial charge in [0.1, 0.15) is 0 Å². The van der Waals surface area contributed by atoms with Crippen molar-refractivity contribution in [1.29, 1.82) is 0 Å². The van der Waals surface area contributed by atoms with E-state index in [0.29, 0.717) is 6.04 Å². The van der Waals surface area contributed by atoms with Gasteiger partial charge in [0.05, 0.1) is 0 Å². The number of likely N-dealkylation sites (N-methyl/N-ethyl adjacent to an activating group) is 1. The first-order valence-corrected chi connectivity index (χ1v) is 6.71. The molecule has 0 aromatic rings. The molecule has 1 N–H and O–H groups in total. The maximum absolute atomic E-state index is 3.47. The fourth-order valence-corrected chi connectivity index (χ4v) is 2.29. The first-order chi connectivity index (χ1) is 7.59. The van der Waals surface area contributed by atoms with Gasteiger partial charge in [-0.2, -0.15) is 0 Å². The summed E-state index contributed by atoms with van der Waals surface area (Å²) in [4.78, 5) is 4.97. The molecule has 0 aliphatic carbocycles. The Morgan fingerprint density at radius 3 is 2.62 bits per heavy atom. The summed E-state index contributed by atoms with van der Waals surface area (Å²) >= 11 is 0. The molecule has 1 heterocycles. The van der Waals surface area contributed by atoms with Gasteiger partial charge in [-0.1, -0.05) is 13.8 Å². The van der Waals surface area contributed by atoms with Gasteiger partial charge in [-0.3, -0.25) is 0 Å². The molecule has 1 rings (SSSR count). The molecule has 0 aromatic heterocycles. The number of nitrogens with zero attached hydrogens (tertiary/aromatic N) is 2. The van der Waals surface area contributed by atoms with Gasteiger partial charge in [0, 0.05) is 18.6 Å². The SMILES string of the molecule is CC(C)NCCCCN1CCC(N(C)C)C1. The Morgan fingerprint density at radius 1 is 1.31 bits per heavy atom. The van der Waals surface area contributed by atoms with E-state index in [1.54, 1.807) is 0 Å². The van der Waals surface area contributed by atoms with Crippen LogP contribution in [0.4, 0.5) is 0 Å². The fourth-order valence-electron chi connectivity index (χ4n) is 2.29. The van der Waals surface area contributed by atoms with E-state index in [4.69, 9.17) is 0 Å². The normalized spacial score (nSPS) is 22.5. The number of rotatable bonds is 7. The molecule has 16 heavy (non-hydrogen) atoms. The highest BCUT2D eigenvalue weighted by Crippen LogP contribution is 2.13. The first-order valence-electron chi connectivity index (χ1n) is 6.71. The minimum atomic E-state index is 0.630. The second-order valence-electron chi connectivity index (χ2n) is 5.52. The average molecular weight is 227 g/mol. The Labute approximate surface area is 101 Å². The molecule has 1 aliphatic heterocycles. The Morgan fingerprint density at radius 2 is 2.06 bits per heavy atom. The highest BCUT2D eigenvalue weighted by atomic mass is 15.2. The Hall–Kier alpha value is -0.120. The summed E-state index contributed by atoms with van der Waals surface area (Å²) in [5, 5.41) is 3.47. The van der Waals surface area contributed by atoms with Crippen molar-refractivity contribution in [3.05, 3.63) is 0 Å². The summed E-state index contributed by atoms with van der Waals surface area (Å²) in [5.74, 6) is 0. The molecule has 1 unspecified atom stereocenters. The molecule has 1 fully saturated rings. The molecular formula is C13H29N3. The average Bonchev–Trinajstić information content (AvgIpc) is 2.65. The third-order valence-electron chi connectivity index (χ3n) is 3.43. The van der Waals surface area contributed by atoms with Gasteiger partial charge in [-0.15, -0.1) is 0 Å². The summed E-state index contributed by atoms with van der Waals surface area (Å²) < 4.78 is 0.